The lowest BCUT2D eigenvalue weighted by atomic mass is 10.0. The molecule has 0 radical (unpaired) electrons. The Bertz CT molecular complexity index is 437. The number of hydrogen-bond acceptors (Lipinski definition) is 2. The quantitative estimate of drug-likeness (QED) is 0.798. The number of hydrogen-bond donors (Lipinski definition) is 1. The van der Waals surface area contributed by atoms with Crippen molar-refractivity contribution in [2.75, 3.05) is 6.54 Å². The molecule has 17 heavy (non-hydrogen) atoms. The molecule has 6 heteroatoms. The van der Waals surface area contributed by atoms with E-state index in [0.717, 1.165) is 17.0 Å². The molecular formula is C11H11F2NO3. The number of amides is 1. The van der Waals surface area contributed by atoms with E-state index in [0.29, 0.717) is 12.5 Å². The van der Waals surface area contributed by atoms with Crippen LogP contribution in [0.15, 0.2) is 18.2 Å². The number of benzene rings is 1. The van der Waals surface area contributed by atoms with Crippen molar-refractivity contribution in [1.29, 1.82) is 0 Å². The van der Waals surface area contributed by atoms with Gasteiger partial charge in [-0.2, -0.15) is 0 Å². The fraction of sp³-hybridized carbons (Fsp3) is 0.273. The van der Waals surface area contributed by atoms with Gasteiger partial charge in [-0.05, 0) is 13.0 Å². The molecule has 0 heterocycles. The van der Waals surface area contributed by atoms with Crippen molar-refractivity contribution in [3.8, 4) is 0 Å². The standard InChI is InChI=1S/C11H11F2NO3/c1-2-14(6-15)10(11(16)17)8-4-3-7(12)5-9(8)13/h3-6,10H,2H2,1H3,(H,16,17). The Morgan fingerprint density at radius 1 is 1.53 bits per heavy atom. The maximum atomic E-state index is 13.4. The highest BCUT2D eigenvalue weighted by Crippen LogP contribution is 2.23. The smallest absolute Gasteiger partial charge is 0.331 e. The number of carboxylic acid groups (broad SMARTS) is 1. The molecular weight excluding hydrogens is 232 g/mol. The predicted molar refractivity (Wildman–Crippen MR) is 55.2 cm³/mol. The first-order chi connectivity index (χ1) is 8.01. The van der Waals surface area contributed by atoms with Crippen molar-refractivity contribution < 1.29 is 23.5 Å². The van der Waals surface area contributed by atoms with Crippen molar-refractivity contribution >= 4 is 12.4 Å². The molecule has 0 saturated heterocycles. The lowest BCUT2D eigenvalue weighted by Crippen LogP contribution is -2.33. The van der Waals surface area contributed by atoms with Crippen LogP contribution >= 0.6 is 0 Å². The van der Waals surface area contributed by atoms with E-state index in [1.54, 1.807) is 6.92 Å². The van der Waals surface area contributed by atoms with Gasteiger partial charge in [0.2, 0.25) is 6.41 Å². The average molecular weight is 243 g/mol. The van der Waals surface area contributed by atoms with Crippen LogP contribution in [-0.2, 0) is 9.59 Å². The molecule has 0 saturated carbocycles. The van der Waals surface area contributed by atoms with Gasteiger partial charge in [-0.1, -0.05) is 6.07 Å². The van der Waals surface area contributed by atoms with Crippen molar-refractivity contribution in [3.63, 3.8) is 0 Å². The van der Waals surface area contributed by atoms with Crippen LogP contribution in [0.1, 0.15) is 18.5 Å². The number of nitrogens with zero attached hydrogens (tertiary/aromatic N) is 1. The Morgan fingerprint density at radius 2 is 2.18 bits per heavy atom. The Hall–Kier alpha value is -1.98. The molecule has 0 aromatic heterocycles. The first-order valence-corrected chi connectivity index (χ1v) is 4.90. The Balaban J connectivity index is 3.22. The van der Waals surface area contributed by atoms with Crippen molar-refractivity contribution in [2.45, 2.75) is 13.0 Å². The van der Waals surface area contributed by atoms with Gasteiger partial charge in [-0.15, -0.1) is 0 Å². The number of aliphatic carboxylic acids is 1. The SMILES string of the molecule is CCN(C=O)C(C(=O)O)c1ccc(F)cc1F. The zero-order chi connectivity index (χ0) is 13.0. The molecule has 0 aliphatic heterocycles. The third kappa shape index (κ3) is 2.77. The second kappa shape index (κ2) is 5.38. The van der Waals surface area contributed by atoms with E-state index >= 15 is 0 Å². The summed E-state index contributed by atoms with van der Waals surface area (Å²) >= 11 is 0. The van der Waals surface area contributed by atoms with Crippen LogP contribution in [0.2, 0.25) is 0 Å². The molecule has 4 nitrogen and oxygen atoms in total. The summed E-state index contributed by atoms with van der Waals surface area (Å²) in [5.41, 5.74) is -0.243. The van der Waals surface area contributed by atoms with Gasteiger partial charge in [0.15, 0.2) is 6.04 Å². The number of carbonyl (C=O) groups excluding carboxylic acids is 1. The number of carbonyl (C=O) groups is 2. The van der Waals surface area contributed by atoms with E-state index in [2.05, 4.69) is 0 Å². The zero-order valence-electron chi connectivity index (χ0n) is 9.06. The normalized spacial score (nSPS) is 11.9. The highest BCUT2D eigenvalue weighted by atomic mass is 19.1. The third-order valence-corrected chi connectivity index (χ3v) is 2.32. The molecule has 1 aromatic rings. The van der Waals surface area contributed by atoms with Gasteiger partial charge in [-0.3, -0.25) is 4.79 Å². The van der Waals surface area contributed by atoms with Crippen LogP contribution in [0.5, 0.6) is 0 Å². The number of carboxylic acids is 1. The summed E-state index contributed by atoms with van der Waals surface area (Å²) in [7, 11) is 0. The van der Waals surface area contributed by atoms with E-state index in [9.17, 15) is 18.4 Å². The highest BCUT2D eigenvalue weighted by molar-refractivity contribution is 5.78. The summed E-state index contributed by atoms with van der Waals surface area (Å²) in [5, 5.41) is 8.99. The second-order valence-corrected chi connectivity index (χ2v) is 3.34. The Labute approximate surface area is 96.5 Å². The van der Waals surface area contributed by atoms with Gasteiger partial charge >= 0.3 is 5.97 Å². The molecule has 1 atom stereocenters. The van der Waals surface area contributed by atoms with Crippen molar-refractivity contribution in [2.24, 2.45) is 0 Å². The van der Waals surface area contributed by atoms with Crippen molar-refractivity contribution in [1.82, 2.24) is 4.90 Å². The summed E-state index contributed by atoms with van der Waals surface area (Å²) in [4.78, 5) is 22.7. The lowest BCUT2D eigenvalue weighted by molar-refractivity contribution is -0.146. The Morgan fingerprint density at radius 3 is 2.59 bits per heavy atom. The van der Waals surface area contributed by atoms with E-state index in [1.807, 2.05) is 0 Å². The molecule has 0 spiro atoms. The van der Waals surface area contributed by atoms with Gasteiger partial charge in [0.05, 0.1) is 0 Å². The molecule has 1 unspecified atom stereocenters. The largest absolute Gasteiger partial charge is 0.479 e. The van der Waals surface area contributed by atoms with Crippen LogP contribution in [-0.4, -0.2) is 28.9 Å². The van der Waals surface area contributed by atoms with Crippen LogP contribution in [0, 0.1) is 11.6 Å². The minimum Gasteiger partial charge on any atom is -0.479 e. The molecule has 1 rings (SSSR count). The summed E-state index contributed by atoms with van der Waals surface area (Å²) in [5.74, 6) is -3.16. The lowest BCUT2D eigenvalue weighted by Gasteiger charge is -2.24. The van der Waals surface area contributed by atoms with Gasteiger partial charge in [-0.25, -0.2) is 13.6 Å². The molecule has 1 aromatic carbocycles. The van der Waals surface area contributed by atoms with Crippen molar-refractivity contribution in [3.05, 3.63) is 35.4 Å². The summed E-state index contributed by atoms with van der Waals surface area (Å²) < 4.78 is 26.2. The molecule has 1 N–H and O–H groups in total. The monoisotopic (exact) mass is 243 g/mol. The van der Waals surface area contributed by atoms with E-state index < -0.39 is 23.6 Å². The van der Waals surface area contributed by atoms with E-state index in [-0.39, 0.29) is 12.1 Å². The van der Waals surface area contributed by atoms with Gasteiger partial charge in [0.1, 0.15) is 11.6 Å². The molecule has 0 bridgehead atoms. The predicted octanol–water partition coefficient (Wildman–Crippen LogP) is 1.57. The first-order valence-electron chi connectivity index (χ1n) is 4.90. The number of rotatable bonds is 5. The van der Waals surface area contributed by atoms with Crippen LogP contribution in [0.4, 0.5) is 8.78 Å². The van der Waals surface area contributed by atoms with Gasteiger partial charge < -0.3 is 10.0 Å². The van der Waals surface area contributed by atoms with Gasteiger partial charge in [0, 0.05) is 18.2 Å². The van der Waals surface area contributed by atoms with Crippen LogP contribution in [0.25, 0.3) is 0 Å². The number of likely N-dealkylation sites (N-methyl/N-ethyl adjacent to an activating group) is 1. The average Bonchev–Trinajstić information content (AvgIpc) is 2.26. The molecule has 0 aliphatic rings. The highest BCUT2D eigenvalue weighted by Gasteiger charge is 2.28. The summed E-state index contributed by atoms with van der Waals surface area (Å²) in [6.45, 7) is 1.67. The third-order valence-electron chi connectivity index (χ3n) is 2.32. The summed E-state index contributed by atoms with van der Waals surface area (Å²) in [6.07, 6.45) is 0.321. The Kier molecular flexibility index (Phi) is 4.14. The first kappa shape index (κ1) is 13.1. The number of halogens is 2. The van der Waals surface area contributed by atoms with E-state index in [1.165, 1.54) is 0 Å². The van der Waals surface area contributed by atoms with Gasteiger partial charge in [0.25, 0.3) is 0 Å². The topological polar surface area (TPSA) is 57.6 Å². The van der Waals surface area contributed by atoms with Crippen LogP contribution in [0.3, 0.4) is 0 Å². The fourth-order valence-electron chi connectivity index (χ4n) is 1.49. The molecule has 1 amide bonds. The zero-order valence-corrected chi connectivity index (χ0v) is 9.06. The summed E-state index contributed by atoms with van der Waals surface area (Å²) in [6, 6.07) is 1.12. The maximum Gasteiger partial charge on any atom is 0.331 e. The van der Waals surface area contributed by atoms with E-state index in [4.69, 9.17) is 5.11 Å². The second-order valence-electron chi connectivity index (χ2n) is 3.34. The molecule has 92 valence electrons. The molecule has 0 aliphatic carbocycles. The minimum absolute atomic E-state index is 0.108. The molecule has 0 fully saturated rings. The fourth-order valence-corrected chi connectivity index (χ4v) is 1.49. The minimum atomic E-state index is -1.45. The van der Waals surface area contributed by atoms with Crippen LogP contribution < -0.4 is 0 Å². The maximum absolute atomic E-state index is 13.4.